The summed E-state index contributed by atoms with van der Waals surface area (Å²) >= 11 is -2.22. The van der Waals surface area contributed by atoms with E-state index in [1.165, 1.54) is 10.2 Å². The Hall–Kier alpha value is 0.139. The number of amides is 1. The molecule has 0 saturated carbocycles. The second-order valence-electron chi connectivity index (χ2n) is 1.01. The summed E-state index contributed by atoms with van der Waals surface area (Å²) < 4.78 is 13.6. The maximum absolute atomic E-state index is 10.3. The fourth-order valence-electron chi connectivity index (χ4n) is 0.259. The molecule has 0 saturated heterocycles. The fourth-order valence-corrected chi connectivity index (χ4v) is 3.57. The van der Waals surface area contributed by atoms with Gasteiger partial charge >= 0.3 is 46.9 Å². The van der Waals surface area contributed by atoms with Crippen molar-refractivity contribution >= 4 is 28.6 Å². The van der Waals surface area contributed by atoms with E-state index < -0.39 is 12.5 Å². The third kappa shape index (κ3) is 1.26. The molecular weight excluding hydrogens is 181 g/mol. The first kappa shape index (κ1) is 5.28. The number of nitrogens with zero attached hydrogens (tertiary/aromatic N) is 1. The summed E-state index contributed by atoms with van der Waals surface area (Å²) in [6, 6.07) is 0. The quantitative estimate of drug-likeness (QED) is 0.484. The van der Waals surface area contributed by atoms with Crippen molar-refractivity contribution < 1.29 is 8.63 Å². The van der Waals surface area contributed by atoms with E-state index in [9.17, 15) is 8.63 Å². The molecule has 5 heteroatoms. The van der Waals surface area contributed by atoms with Crippen LogP contribution >= 0.6 is 10.2 Å². The maximum atomic E-state index is 10.3. The zero-order valence-corrected chi connectivity index (χ0v) is 6.02. The van der Waals surface area contributed by atoms with Gasteiger partial charge in [-0.2, -0.15) is 0 Å². The molecule has 0 bridgehead atoms. The molecule has 0 radical (unpaired) electrons. The van der Waals surface area contributed by atoms with Crippen LogP contribution in [0.15, 0.2) is 3.96 Å². The summed E-state index contributed by atoms with van der Waals surface area (Å²) in [4.78, 5) is 10.1. The Morgan fingerprint density at radius 3 is 2.71 bits per heavy atom. The molecule has 40 valence electrons. The predicted octanol–water partition coefficient (Wildman–Crippen LogP) is -0.324. The van der Waals surface area contributed by atoms with Gasteiger partial charge in [0.05, 0.1) is 0 Å². The molecule has 0 aromatic carbocycles. The summed E-state index contributed by atoms with van der Waals surface area (Å²) in [7, 11) is 1.18. The van der Waals surface area contributed by atoms with E-state index in [4.69, 9.17) is 0 Å². The minimum absolute atomic E-state index is 0.208. The van der Waals surface area contributed by atoms with Crippen molar-refractivity contribution in [1.82, 2.24) is 0 Å². The second-order valence-corrected chi connectivity index (χ2v) is 6.22. The molecule has 1 heterocycles. The standard InChI is InChI=1S/C2H3NO2SSe/c4-2-1-6-7(5)3-2/h7H,1H2. The number of hydrogen-bond donors (Lipinski definition) is 0. The zero-order chi connectivity index (χ0) is 5.28. The topological polar surface area (TPSA) is 46.5 Å². The third-order valence-corrected chi connectivity index (χ3v) is 4.53. The van der Waals surface area contributed by atoms with Crippen molar-refractivity contribution in [3.8, 4) is 0 Å². The molecule has 0 spiro atoms. The van der Waals surface area contributed by atoms with Crippen LogP contribution in [-0.4, -0.2) is 24.2 Å². The summed E-state index contributed by atoms with van der Waals surface area (Å²) in [5.41, 5.74) is 0. The molecule has 3 nitrogen and oxygen atoms in total. The minimum atomic E-state index is -2.22. The SMILES string of the molecule is O=C1CS[SeH](=O)=N1. The first-order valence-corrected chi connectivity index (χ1v) is 6.48. The molecule has 1 atom stereocenters. The average molecular weight is 184 g/mol. The van der Waals surface area contributed by atoms with Crippen molar-refractivity contribution in [2.45, 2.75) is 0 Å². The van der Waals surface area contributed by atoms with Crippen LogP contribution in [0.25, 0.3) is 0 Å². The van der Waals surface area contributed by atoms with Gasteiger partial charge in [0.2, 0.25) is 0 Å². The van der Waals surface area contributed by atoms with Crippen LogP contribution in [0, 0.1) is 0 Å². The molecule has 0 fully saturated rings. The second kappa shape index (κ2) is 1.94. The molecular formula is C2H3NO2SSe. The Bertz CT molecular complexity index is 171. The van der Waals surface area contributed by atoms with Gasteiger partial charge in [0.25, 0.3) is 0 Å². The van der Waals surface area contributed by atoms with E-state index in [1.54, 1.807) is 0 Å². The Morgan fingerprint density at radius 2 is 2.57 bits per heavy atom. The Morgan fingerprint density at radius 1 is 1.86 bits per heavy atom. The van der Waals surface area contributed by atoms with Gasteiger partial charge in [-0.3, -0.25) is 0 Å². The van der Waals surface area contributed by atoms with Crippen LogP contribution in [0.4, 0.5) is 0 Å². The van der Waals surface area contributed by atoms with Crippen LogP contribution in [0.5, 0.6) is 0 Å². The average Bonchev–Trinajstić information content (AvgIpc) is 1.87. The van der Waals surface area contributed by atoms with Gasteiger partial charge in [-0.05, 0) is 0 Å². The molecule has 1 unspecified atom stereocenters. The van der Waals surface area contributed by atoms with Gasteiger partial charge in [-0.15, -0.1) is 0 Å². The van der Waals surface area contributed by atoms with E-state index >= 15 is 0 Å². The van der Waals surface area contributed by atoms with Crippen LogP contribution in [-0.2, 0) is 8.63 Å². The molecule has 0 aromatic rings. The molecule has 1 rings (SSSR count). The van der Waals surface area contributed by atoms with Gasteiger partial charge in [-0.1, -0.05) is 0 Å². The third-order valence-electron chi connectivity index (χ3n) is 0.492. The fraction of sp³-hybridized carbons (Fsp3) is 0.500. The van der Waals surface area contributed by atoms with Crippen molar-refractivity contribution in [3.63, 3.8) is 0 Å². The summed E-state index contributed by atoms with van der Waals surface area (Å²) in [5.74, 6) is 0.128. The van der Waals surface area contributed by atoms with Crippen LogP contribution < -0.4 is 0 Å². The van der Waals surface area contributed by atoms with Crippen molar-refractivity contribution in [1.29, 1.82) is 0 Å². The van der Waals surface area contributed by atoms with E-state index in [0.717, 1.165) is 0 Å². The Labute approximate surface area is 47.4 Å². The molecule has 0 aliphatic carbocycles. The van der Waals surface area contributed by atoms with Crippen molar-refractivity contribution in [2.75, 3.05) is 5.75 Å². The van der Waals surface area contributed by atoms with E-state index in [0.29, 0.717) is 5.75 Å². The van der Waals surface area contributed by atoms with Crippen LogP contribution in [0.1, 0.15) is 0 Å². The summed E-state index contributed by atoms with van der Waals surface area (Å²) in [6.45, 7) is 0. The molecule has 1 aliphatic heterocycles. The van der Waals surface area contributed by atoms with E-state index in [2.05, 4.69) is 3.96 Å². The van der Waals surface area contributed by atoms with E-state index in [1.807, 2.05) is 0 Å². The normalized spacial score (nSPS) is 30.3. The Kier molecular flexibility index (Phi) is 1.46. The zero-order valence-electron chi connectivity index (χ0n) is 3.33. The van der Waals surface area contributed by atoms with Gasteiger partial charge in [0.1, 0.15) is 0 Å². The molecule has 7 heavy (non-hydrogen) atoms. The predicted molar refractivity (Wildman–Crippen MR) is 27.7 cm³/mol. The van der Waals surface area contributed by atoms with E-state index in [-0.39, 0.29) is 5.91 Å². The number of rotatable bonds is 0. The Balaban J connectivity index is 2.87. The molecule has 1 amide bonds. The number of carbonyl (C=O) groups excluding carboxylic acids is 1. The monoisotopic (exact) mass is 185 g/mol. The number of hydrogen-bond acceptors (Lipinski definition) is 3. The molecule has 1 aliphatic rings. The number of carbonyl (C=O) groups is 1. The van der Waals surface area contributed by atoms with Gasteiger partial charge in [0.15, 0.2) is 0 Å². The summed E-state index contributed by atoms with van der Waals surface area (Å²) in [5, 5.41) is 0. The van der Waals surface area contributed by atoms with Crippen LogP contribution in [0.2, 0.25) is 0 Å². The van der Waals surface area contributed by atoms with Gasteiger partial charge in [0, 0.05) is 0 Å². The molecule has 0 aromatic heterocycles. The van der Waals surface area contributed by atoms with Crippen LogP contribution in [0.3, 0.4) is 0 Å². The first-order chi connectivity index (χ1) is 3.29. The van der Waals surface area contributed by atoms with Crippen molar-refractivity contribution in [2.24, 2.45) is 3.96 Å². The van der Waals surface area contributed by atoms with Crippen molar-refractivity contribution in [3.05, 3.63) is 0 Å². The summed E-state index contributed by atoms with van der Waals surface area (Å²) in [6.07, 6.45) is 0. The molecule has 0 N–H and O–H groups in total. The van der Waals surface area contributed by atoms with Gasteiger partial charge < -0.3 is 0 Å². The van der Waals surface area contributed by atoms with Gasteiger partial charge in [-0.25, -0.2) is 0 Å². The first-order valence-electron chi connectivity index (χ1n) is 1.64.